The topological polar surface area (TPSA) is 60.6 Å². The third-order valence-electron chi connectivity index (χ3n) is 3.00. The average molecular weight is 274 g/mol. The van der Waals surface area contributed by atoms with Crippen molar-refractivity contribution in [3.05, 3.63) is 0 Å². The summed E-state index contributed by atoms with van der Waals surface area (Å²) in [6.07, 6.45) is 3.13. The number of carbonyl (C=O) groups excluding carboxylic acids is 1. The van der Waals surface area contributed by atoms with E-state index >= 15 is 0 Å². The second-order valence-electron chi connectivity index (χ2n) is 6.16. The zero-order valence-corrected chi connectivity index (χ0v) is 12.7. The molecule has 0 aromatic heterocycles. The molecule has 5 nitrogen and oxygen atoms in total. The molecule has 0 bridgehead atoms. The first-order valence-corrected chi connectivity index (χ1v) is 7.05. The molecule has 1 unspecified atom stereocenters. The molecule has 1 aliphatic heterocycles. The molecule has 0 spiro atoms. The van der Waals surface area contributed by atoms with Gasteiger partial charge in [-0.1, -0.05) is 40.5 Å². The zero-order chi connectivity index (χ0) is 14.5. The lowest BCUT2D eigenvalue weighted by molar-refractivity contribution is -0.0864. The summed E-state index contributed by atoms with van der Waals surface area (Å²) in [6, 6.07) is 0. The summed E-state index contributed by atoms with van der Waals surface area (Å²) in [5.41, 5.74) is 0.110. The highest BCUT2D eigenvalue weighted by atomic mass is 17.5. The van der Waals surface area contributed by atoms with Crippen molar-refractivity contribution in [1.29, 1.82) is 0 Å². The van der Waals surface area contributed by atoms with Crippen LogP contribution < -0.4 is 0 Å². The van der Waals surface area contributed by atoms with Crippen LogP contribution in [0.5, 0.6) is 0 Å². The predicted octanol–water partition coefficient (Wildman–Crippen LogP) is 4.02. The molecule has 0 amide bonds. The van der Waals surface area contributed by atoms with Gasteiger partial charge in [0.25, 0.3) is 0 Å². The fraction of sp³-hybridized carbons (Fsp3) is 0.929. The van der Waals surface area contributed by atoms with Crippen molar-refractivity contribution in [2.75, 3.05) is 6.61 Å². The van der Waals surface area contributed by atoms with Crippen molar-refractivity contribution < 1.29 is 24.0 Å². The Kier molecular flexibility index (Phi) is 5.62. The lowest BCUT2D eigenvalue weighted by atomic mass is 9.81. The second kappa shape index (κ2) is 6.57. The summed E-state index contributed by atoms with van der Waals surface area (Å²) in [4.78, 5) is 21.4. The number of carbonyl (C=O) groups is 1. The molecule has 0 aliphatic carbocycles. The van der Waals surface area contributed by atoms with Crippen LogP contribution >= 0.6 is 0 Å². The molecule has 19 heavy (non-hydrogen) atoms. The normalized spacial score (nSPS) is 18.8. The summed E-state index contributed by atoms with van der Waals surface area (Å²) >= 11 is 0. The van der Waals surface area contributed by atoms with E-state index < -0.39 is 12.1 Å². The van der Waals surface area contributed by atoms with E-state index in [2.05, 4.69) is 27.7 Å². The lowest BCUT2D eigenvalue weighted by Crippen LogP contribution is -2.33. The van der Waals surface area contributed by atoms with Gasteiger partial charge in [0.15, 0.2) is 0 Å². The quantitative estimate of drug-likeness (QED) is 0.398. The SMILES string of the molecule is CCCCC(CC(C)(C)C)C1(OC(=O)OCC)OO1. The molecule has 1 atom stereocenters. The van der Waals surface area contributed by atoms with Gasteiger partial charge in [-0.2, -0.15) is 9.78 Å². The van der Waals surface area contributed by atoms with E-state index in [9.17, 15) is 4.79 Å². The molecule has 5 heteroatoms. The fourth-order valence-electron chi connectivity index (χ4n) is 2.15. The molecule has 1 heterocycles. The fourth-order valence-corrected chi connectivity index (χ4v) is 2.15. The first-order valence-electron chi connectivity index (χ1n) is 7.05. The number of ether oxygens (including phenoxy) is 2. The maximum absolute atomic E-state index is 11.4. The van der Waals surface area contributed by atoms with Crippen molar-refractivity contribution in [3.8, 4) is 0 Å². The summed E-state index contributed by atoms with van der Waals surface area (Å²) in [5.74, 6) is -1.20. The Morgan fingerprint density at radius 3 is 2.32 bits per heavy atom. The molecule has 112 valence electrons. The second-order valence-corrected chi connectivity index (χ2v) is 6.16. The summed E-state index contributed by atoms with van der Waals surface area (Å²) in [6.45, 7) is 10.6. The highest BCUT2D eigenvalue weighted by Gasteiger charge is 2.61. The summed E-state index contributed by atoms with van der Waals surface area (Å²) in [5, 5.41) is 0. The highest BCUT2D eigenvalue weighted by molar-refractivity contribution is 5.60. The van der Waals surface area contributed by atoms with Crippen LogP contribution in [-0.2, 0) is 19.2 Å². The van der Waals surface area contributed by atoms with E-state index in [1.165, 1.54) is 0 Å². The van der Waals surface area contributed by atoms with E-state index in [-0.39, 0.29) is 17.9 Å². The molecule has 0 radical (unpaired) electrons. The van der Waals surface area contributed by atoms with Crippen molar-refractivity contribution in [1.82, 2.24) is 0 Å². The van der Waals surface area contributed by atoms with Crippen LogP contribution in [0.25, 0.3) is 0 Å². The van der Waals surface area contributed by atoms with Gasteiger partial charge in [0, 0.05) is 0 Å². The molecule has 0 aromatic rings. The van der Waals surface area contributed by atoms with Crippen LogP contribution in [0.2, 0.25) is 0 Å². The Hall–Kier alpha value is -0.810. The first-order chi connectivity index (χ1) is 8.83. The van der Waals surface area contributed by atoms with Gasteiger partial charge in [0.2, 0.25) is 0 Å². The Balaban J connectivity index is 2.64. The largest absolute Gasteiger partial charge is 0.512 e. The monoisotopic (exact) mass is 274 g/mol. The Labute approximate surface area is 115 Å². The van der Waals surface area contributed by atoms with Gasteiger partial charge in [-0.25, -0.2) is 4.79 Å². The van der Waals surface area contributed by atoms with E-state index in [1.54, 1.807) is 6.92 Å². The maximum atomic E-state index is 11.4. The van der Waals surface area contributed by atoms with Crippen LogP contribution in [-0.4, -0.2) is 18.7 Å². The maximum Gasteiger partial charge on any atom is 0.512 e. The van der Waals surface area contributed by atoms with Crippen molar-refractivity contribution in [2.24, 2.45) is 11.3 Å². The molecule has 1 rings (SSSR count). The Morgan fingerprint density at radius 1 is 1.26 bits per heavy atom. The summed E-state index contributed by atoms with van der Waals surface area (Å²) < 4.78 is 9.97. The molecule has 1 saturated heterocycles. The highest BCUT2D eigenvalue weighted by Crippen LogP contribution is 2.46. The zero-order valence-electron chi connectivity index (χ0n) is 12.7. The number of hydrogen-bond donors (Lipinski definition) is 0. The van der Waals surface area contributed by atoms with Crippen LogP contribution in [0, 0.1) is 11.3 Å². The summed E-state index contributed by atoms with van der Waals surface area (Å²) in [7, 11) is 0. The van der Waals surface area contributed by atoms with Crippen LogP contribution in [0.1, 0.15) is 60.3 Å². The molecule has 1 fully saturated rings. The molecule has 1 aliphatic rings. The minimum absolute atomic E-state index is 0.0249. The number of rotatable bonds is 7. The van der Waals surface area contributed by atoms with Crippen molar-refractivity contribution in [2.45, 2.75) is 66.3 Å². The van der Waals surface area contributed by atoms with E-state index in [1.807, 2.05) is 0 Å². The van der Waals surface area contributed by atoms with E-state index in [0.29, 0.717) is 0 Å². The smallest absolute Gasteiger partial charge is 0.434 e. The van der Waals surface area contributed by atoms with E-state index in [0.717, 1.165) is 25.7 Å². The first kappa shape index (κ1) is 16.2. The van der Waals surface area contributed by atoms with Gasteiger partial charge in [-0.15, -0.1) is 0 Å². The third kappa shape index (κ3) is 5.37. The van der Waals surface area contributed by atoms with Crippen LogP contribution in [0.15, 0.2) is 0 Å². The standard InChI is InChI=1S/C14H26O5/c1-6-8-9-11(10-13(3,4)5)14(18-19-14)17-12(15)16-7-2/h11H,6-10H2,1-5H3. The van der Waals surface area contributed by atoms with Gasteiger partial charge in [0.05, 0.1) is 12.5 Å². The van der Waals surface area contributed by atoms with Crippen LogP contribution in [0.3, 0.4) is 0 Å². The van der Waals surface area contributed by atoms with Gasteiger partial charge in [-0.3, -0.25) is 0 Å². The van der Waals surface area contributed by atoms with Crippen molar-refractivity contribution in [3.63, 3.8) is 0 Å². The van der Waals surface area contributed by atoms with Gasteiger partial charge in [-0.05, 0) is 25.2 Å². The average Bonchev–Trinajstić information content (AvgIpc) is 3.04. The molecule has 0 aromatic carbocycles. The minimum atomic E-state index is -1.23. The number of hydrogen-bond acceptors (Lipinski definition) is 5. The Bertz CT molecular complexity index is 291. The number of unbranched alkanes of at least 4 members (excludes halogenated alkanes) is 1. The third-order valence-corrected chi connectivity index (χ3v) is 3.00. The van der Waals surface area contributed by atoms with Gasteiger partial charge in [0.1, 0.15) is 0 Å². The molecule has 0 N–H and O–H groups in total. The molecule has 0 saturated carbocycles. The van der Waals surface area contributed by atoms with Gasteiger partial charge >= 0.3 is 12.1 Å². The minimum Gasteiger partial charge on any atom is -0.434 e. The Morgan fingerprint density at radius 2 is 1.89 bits per heavy atom. The van der Waals surface area contributed by atoms with Gasteiger partial charge < -0.3 is 9.47 Å². The predicted molar refractivity (Wildman–Crippen MR) is 70.1 cm³/mol. The molecular weight excluding hydrogens is 248 g/mol. The van der Waals surface area contributed by atoms with Crippen molar-refractivity contribution >= 4 is 6.16 Å². The van der Waals surface area contributed by atoms with Crippen LogP contribution in [0.4, 0.5) is 4.79 Å². The van der Waals surface area contributed by atoms with E-state index in [4.69, 9.17) is 19.2 Å². The lowest BCUT2D eigenvalue weighted by Gasteiger charge is -2.27. The molecular formula is C14H26O5.